The summed E-state index contributed by atoms with van der Waals surface area (Å²) in [6.45, 7) is 2.12. The van der Waals surface area contributed by atoms with Gasteiger partial charge in [0.05, 0.1) is 13.2 Å². The van der Waals surface area contributed by atoms with E-state index in [0.717, 1.165) is 0 Å². The summed E-state index contributed by atoms with van der Waals surface area (Å²) in [6.07, 6.45) is -0.338. The maximum Gasteiger partial charge on any atom is 0.252 e. The van der Waals surface area contributed by atoms with E-state index < -0.39 is 0 Å². The Hall–Kier alpha value is -1.75. The number of benzene rings is 1. The van der Waals surface area contributed by atoms with Crippen molar-refractivity contribution in [2.75, 3.05) is 7.11 Å². The predicted molar refractivity (Wildman–Crippen MR) is 60.8 cm³/mol. The van der Waals surface area contributed by atoms with Crippen molar-refractivity contribution < 1.29 is 19.4 Å². The molecule has 0 bridgehead atoms. The van der Waals surface area contributed by atoms with Gasteiger partial charge in [0.15, 0.2) is 6.10 Å². The van der Waals surface area contributed by atoms with Crippen LogP contribution in [0.5, 0.6) is 11.5 Å². The minimum atomic E-state index is -0.338. The van der Waals surface area contributed by atoms with Crippen LogP contribution in [0.15, 0.2) is 18.2 Å². The van der Waals surface area contributed by atoms with Crippen molar-refractivity contribution in [3.63, 3.8) is 0 Å². The first-order valence-corrected chi connectivity index (χ1v) is 5.41. The molecule has 0 saturated carbocycles. The van der Waals surface area contributed by atoms with E-state index >= 15 is 0 Å². The Bertz CT molecular complexity index is 433. The summed E-state index contributed by atoms with van der Waals surface area (Å²) in [5.41, 5.74) is 0.646. The molecule has 1 amide bonds. The number of hydrogen-bond donors (Lipinski definition) is 2. The Morgan fingerprint density at radius 1 is 1.59 bits per heavy atom. The van der Waals surface area contributed by atoms with Gasteiger partial charge in [-0.25, -0.2) is 0 Å². The van der Waals surface area contributed by atoms with E-state index in [1.807, 2.05) is 6.92 Å². The lowest BCUT2D eigenvalue weighted by Crippen LogP contribution is -2.28. The monoisotopic (exact) mass is 237 g/mol. The minimum absolute atomic E-state index is 0.000496. The van der Waals surface area contributed by atoms with Gasteiger partial charge in [0.1, 0.15) is 11.5 Å². The van der Waals surface area contributed by atoms with Gasteiger partial charge in [-0.3, -0.25) is 4.79 Å². The fraction of sp³-hybridized carbons (Fsp3) is 0.417. The van der Waals surface area contributed by atoms with Crippen LogP contribution in [0.1, 0.15) is 12.5 Å². The number of epoxide rings is 1. The van der Waals surface area contributed by atoms with E-state index in [9.17, 15) is 9.90 Å². The van der Waals surface area contributed by atoms with Crippen LogP contribution in [-0.4, -0.2) is 30.3 Å². The highest BCUT2D eigenvalue weighted by Gasteiger charge is 2.40. The van der Waals surface area contributed by atoms with Crippen molar-refractivity contribution in [2.24, 2.45) is 0 Å². The number of phenols is 1. The Labute approximate surface area is 99.3 Å². The van der Waals surface area contributed by atoms with Crippen molar-refractivity contribution >= 4 is 5.91 Å². The van der Waals surface area contributed by atoms with Crippen molar-refractivity contribution in [1.29, 1.82) is 0 Å². The summed E-state index contributed by atoms with van der Waals surface area (Å²) in [5.74, 6) is 0.541. The van der Waals surface area contributed by atoms with Gasteiger partial charge in [-0.1, -0.05) is 0 Å². The molecule has 0 unspecified atom stereocenters. The van der Waals surface area contributed by atoms with Crippen molar-refractivity contribution in [3.8, 4) is 11.5 Å². The minimum Gasteiger partial charge on any atom is -0.507 e. The smallest absolute Gasteiger partial charge is 0.252 e. The molecule has 2 rings (SSSR count). The zero-order valence-electron chi connectivity index (χ0n) is 9.77. The molecule has 0 radical (unpaired) electrons. The average Bonchev–Trinajstić information content (AvgIpc) is 3.04. The molecule has 1 heterocycles. The third-order valence-electron chi connectivity index (χ3n) is 2.71. The van der Waals surface area contributed by atoms with E-state index in [4.69, 9.17) is 9.47 Å². The third kappa shape index (κ3) is 2.68. The van der Waals surface area contributed by atoms with Gasteiger partial charge in [0.25, 0.3) is 5.91 Å². The number of methoxy groups -OCH3 is 1. The molecule has 2 atom stereocenters. The summed E-state index contributed by atoms with van der Waals surface area (Å²) in [7, 11) is 1.53. The molecule has 1 aromatic carbocycles. The topological polar surface area (TPSA) is 71.1 Å². The van der Waals surface area contributed by atoms with Crippen LogP contribution < -0.4 is 10.1 Å². The van der Waals surface area contributed by atoms with Gasteiger partial charge < -0.3 is 19.9 Å². The molecule has 5 heteroatoms. The first-order chi connectivity index (χ1) is 8.11. The molecule has 5 nitrogen and oxygen atoms in total. The van der Waals surface area contributed by atoms with Crippen LogP contribution >= 0.6 is 0 Å². The molecular weight excluding hydrogens is 222 g/mol. The van der Waals surface area contributed by atoms with Gasteiger partial charge in [-0.05, 0) is 19.1 Å². The molecule has 1 fully saturated rings. The Balaban J connectivity index is 1.92. The molecule has 1 aliphatic rings. The van der Waals surface area contributed by atoms with Crippen LogP contribution in [0, 0.1) is 0 Å². The number of amides is 1. The van der Waals surface area contributed by atoms with Crippen LogP contribution in [0.25, 0.3) is 0 Å². The second-order valence-electron chi connectivity index (χ2n) is 3.97. The number of aromatic hydroxyl groups is 1. The molecule has 1 aromatic rings. The fourth-order valence-corrected chi connectivity index (χ4v) is 1.56. The van der Waals surface area contributed by atoms with Gasteiger partial charge in [-0.15, -0.1) is 0 Å². The normalized spacial score (nSPS) is 22.0. The Morgan fingerprint density at radius 2 is 2.29 bits per heavy atom. The van der Waals surface area contributed by atoms with Gasteiger partial charge in [-0.2, -0.15) is 0 Å². The molecule has 0 spiro atoms. The first-order valence-electron chi connectivity index (χ1n) is 5.41. The summed E-state index contributed by atoms with van der Waals surface area (Å²) in [6, 6.07) is 4.96. The second kappa shape index (κ2) is 4.63. The lowest BCUT2D eigenvalue weighted by molar-refractivity contribution is -0.122. The lowest BCUT2D eigenvalue weighted by Gasteiger charge is -2.07. The Morgan fingerprint density at radius 3 is 2.82 bits per heavy atom. The molecular formula is C12H15NO4. The highest BCUT2D eigenvalue weighted by Crippen LogP contribution is 2.24. The standard InChI is InChI=1S/C12H15NO4/c1-7-11(17-7)12(15)13-6-8-3-4-9(16-2)5-10(8)14/h3-5,7,11,14H,6H2,1-2H3,(H,13,15)/t7-,11+/m0/s1. The highest BCUT2D eigenvalue weighted by molar-refractivity contribution is 5.83. The van der Waals surface area contributed by atoms with Gasteiger partial charge in [0, 0.05) is 18.2 Å². The molecule has 0 aliphatic carbocycles. The molecule has 0 aromatic heterocycles. The number of hydrogen-bond acceptors (Lipinski definition) is 4. The summed E-state index contributed by atoms with van der Waals surface area (Å²) >= 11 is 0. The van der Waals surface area contributed by atoms with Crippen LogP contribution in [-0.2, 0) is 16.1 Å². The van der Waals surface area contributed by atoms with E-state index in [0.29, 0.717) is 11.3 Å². The van der Waals surface area contributed by atoms with Crippen LogP contribution in [0.3, 0.4) is 0 Å². The maximum atomic E-state index is 11.5. The molecule has 1 aliphatic heterocycles. The second-order valence-corrected chi connectivity index (χ2v) is 3.97. The maximum absolute atomic E-state index is 11.5. The SMILES string of the molecule is COc1ccc(CNC(=O)[C@@H]2O[C@H]2C)c(O)c1. The van der Waals surface area contributed by atoms with E-state index in [1.165, 1.54) is 13.2 Å². The fourth-order valence-electron chi connectivity index (χ4n) is 1.56. The summed E-state index contributed by atoms with van der Waals surface area (Å²) in [4.78, 5) is 11.5. The number of ether oxygens (including phenoxy) is 2. The highest BCUT2D eigenvalue weighted by atomic mass is 16.6. The number of phenolic OH excluding ortho intramolecular Hbond substituents is 1. The summed E-state index contributed by atoms with van der Waals surface area (Å²) < 4.78 is 10.0. The number of rotatable bonds is 4. The quantitative estimate of drug-likeness (QED) is 0.760. The number of carbonyl (C=O) groups is 1. The van der Waals surface area contributed by atoms with Crippen molar-refractivity contribution in [1.82, 2.24) is 5.32 Å². The van der Waals surface area contributed by atoms with E-state index in [1.54, 1.807) is 12.1 Å². The van der Waals surface area contributed by atoms with Gasteiger partial charge >= 0.3 is 0 Å². The molecule has 1 saturated heterocycles. The van der Waals surface area contributed by atoms with Crippen LogP contribution in [0.4, 0.5) is 0 Å². The molecule has 17 heavy (non-hydrogen) atoms. The van der Waals surface area contributed by atoms with E-state index in [2.05, 4.69) is 5.32 Å². The molecule has 2 N–H and O–H groups in total. The predicted octanol–water partition coefficient (Wildman–Crippen LogP) is 0.804. The first kappa shape index (κ1) is 11.7. The number of nitrogens with one attached hydrogen (secondary N) is 1. The van der Waals surface area contributed by atoms with Gasteiger partial charge in [0.2, 0.25) is 0 Å². The zero-order valence-corrected chi connectivity index (χ0v) is 9.77. The lowest BCUT2D eigenvalue weighted by atomic mass is 10.2. The average molecular weight is 237 g/mol. The van der Waals surface area contributed by atoms with Crippen molar-refractivity contribution in [3.05, 3.63) is 23.8 Å². The largest absolute Gasteiger partial charge is 0.507 e. The van der Waals surface area contributed by atoms with Crippen LogP contribution in [0.2, 0.25) is 0 Å². The van der Waals surface area contributed by atoms with Crippen molar-refractivity contribution in [2.45, 2.75) is 25.7 Å². The zero-order chi connectivity index (χ0) is 12.4. The summed E-state index contributed by atoms with van der Waals surface area (Å²) in [5, 5.41) is 12.4. The number of carbonyl (C=O) groups excluding carboxylic acids is 1. The van der Waals surface area contributed by atoms with E-state index in [-0.39, 0.29) is 30.4 Å². The molecule has 92 valence electrons. The third-order valence-corrected chi connectivity index (χ3v) is 2.71. The Kier molecular flexibility index (Phi) is 3.19.